The standard InChI is InChI=1S/C14H11F3N2O2/c1-8-6-10(3-4-11(8)20)19-13(21)9-2-5-12(18-7-9)14(15,16)17/h2-7,20H,1H3,(H,19,21). The zero-order valence-corrected chi connectivity index (χ0v) is 10.9. The molecule has 7 heteroatoms. The Bertz CT molecular complexity index is 667. The van der Waals surface area contributed by atoms with Gasteiger partial charge in [0.1, 0.15) is 11.4 Å². The lowest BCUT2D eigenvalue weighted by Crippen LogP contribution is -2.14. The van der Waals surface area contributed by atoms with E-state index in [2.05, 4.69) is 10.3 Å². The number of nitrogens with one attached hydrogen (secondary N) is 1. The van der Waals surface area contributed by atoms with E-state index in [9.17, 15) is 23.1 Å². The van der Waals surface area contributed by atoms with Crippen LogP contribution in [-0.4, -0.2) is 16.0 Å². The number of phenols is 1. The molecule has 0 aliphatic rings. The number of rotatable bonds is 2. The zero-order valence-electron chi connectivity index (χ0n) is 10.9. The van der Waals surface area contributed by atoms with Gasteiger partial charge >= 0.3 is 6.18 Å². The highest BCUT2D eigenvalue weighted by Gasteiger charge is 2.32. The van der Waals surface area contributed by atoms with Gasteiger partial charge < -0.3 is 10.4 Å². The summed E-state index contributed by atoms with van der Waals surface area (Å²) in [5.41, 5.74) is -0.0539. The van der Waals surface area contributed by atoms with Gasteiger partial charge in [0.05, 0.1) is 5.56 Å². The van der Waals surface area contributed by atoms with Crippen LogP contribution in [0.2, 0.25) is 0 Å². The first-order valence-corrected chi connectivity index (χ1v) is 5.91. The Morgan fingerprint density at radius 2 is 1.95 bits per heavy atom. The van der Waals surface area contributed by atoms with E-state index >= 15 is 0 Å². The van der Waals surface area contributed by atoms with E-state index in [1.54, 1.807) is 13.0 Å². The third kappa shape index (κ3) is 3.50. The Balaban J connectivity index is 2.15. The molecule has 0 aliphatic heterocycles. The molecule has 0 saturated carbocycles. The van der Waals surface area contributed by atoms with E-state index in [0.717, 1.165) is 18.3 Å². The van der Waals surface area contributed by atoms with Gasteiger partial charge in [-0.25, -0.2) is 0 Å². The van der Waals surface area contributed by atoms with Crippen LogP contribution >= 0.6 is 0 Å². The number of anilines is 1. The lowest BCUT2D eigenvalue weighted by Gasteiger charge is -2.08. The van der Waals surface area contributed by atoms with Gasteiger partial charge in [-0.1, -0.05) is 0 Å². The summed E-state index contributed by atoms with van der Waals surface area (Å²) in [5.74, 6) is -0.495. The number of aromatic nitrogens is 1. The van der Waals surface area contributed by atoms with Crippen LogP contribution < -0.4 is 5.32 Å². The summed E-state index contributed by atoms with van der Waals surface area (Å²) in [7, 11) is 0. The molecule has 2 N–H and O–H groups in total. The van der Waals surface area contributed by atoms with E-state index < -0.39 is 17.8 Å². The molecule has 0 atom stereocenters. The average molecular weight is 296 g/mol. The number of halogens is 3. The molecule has 0 spiro atoms. The van der Waals surface area contributed by atoms with Gasteiger partial charge in [0, 0.05) is 11.9 Å². The van der Waals surface area contributed by atoms with E-state index in [-0.39, 0.29) is 11.3 Å². The van der Waals surface area contributed by atoms with Crippen LogP contribution in [0, 0.1) is 6.92 Å². The third-order valence-corrected chi connectivity index (χ3v) is 2.77. The summed E-state index contributed by atoms with van der Waals surface area (Å²) in [6.45, 7) is 1.66. The molecule has 0 saturated heterocycles. The van der Waals surface area contributed by atoms with Crippen LogP contribution in [0.25, 0.3) is 0 Å². The maximum Gasteiger partial charge on any atom is 0.433 e. The lowest BCUT2D eigenvalue weighted by molar-refractivity contribution is -0.141. The second kappa shape index (κ2) is 5.43. The summed E-state index contributed by atoms with van der Waals surface area (Å²) in [5, 5.41) is 11.9. The number of phenolic OH excluding ortho intramolecular Hbond substituents is 1. The van der Waals surface area contributed by atoms with Crippen molar-refractivity contribution < 1.29 is 23.1 Å². The molecular weight excluding hydrogens is 285 g/mol. The highest BCUT2D eigenvalue weighted by Crippen LogP contribution is 2.27. The normalized spacial score (nSPS) is 11.2. The molecule has 1 heterocycles. The van der Waals surface area contributed by atoms with Crippen molar-refractivity contribution in [2.75, 3.05) is 5.32 Å². The minimum absolute atomic E-state index is 0.00808. The number of aromatic hydroxyl groups is 1. The van der Waals surface area contributed by atoms with Crippen molar-refractivity contribution in [2.24, 2.45) is 0 Å². The van der Waals surface area contributed by atoms with E-state index in [1.165, 1.54) is 12.1 Å². The van der Waals surface area contributed by atoms with Crippen molar-refractivity contribution in [3.05, 3.63) is 53.3 Å². The van der Waals surface area contributed by atoms with Gasteiger partial charge in [-0.05, 0) is 42.8 Å². The van der Waals surface area contributed by atoms with Gasteiger partial charge in [0.25, 0.3) is 5.91 Å². The molecule has 1 amide bonds. The van der Waals surface area contributed by atoms with Crippen molar-refractivity contribution in [1.29, 1.82) is 0 Å². The Kier molecular flexibility index (Phi) is 3.84. The van der Waals surface area contributed by atoms with E-state index in [1.807, 2.05) is 0 Å². The molecule has 1 aromatic carbocycles. The Labute approximate surface area is 118 Å². The smallest absolute Gasteiger partial charge is 0.433 e. The third-order valence-electron chi connectivity index (χ3n) is 2.77. The fourth-order valence-corrected chi connectivity index (χ4v) is 1.63. The van der Waals surface area contributed by atoms with Crippen LogP contribution in [0.1, 0.15) is 21.6 Å². The Morgan fingerprint density at radius 1 is 1.24 bits per heavy atom. The first-order valence-electron chi connectivity index (χ1n) is 5.91. The topological polar surface area (TPSA) is 62.2 Å². The fourth-order valence-electron chi connectivity index (χ4n) is 1.63. The highest BCUT2D eigenvalue weighted by molar-refractivity contribution is 6.04. The van der Waals surface area contributed by atoms with Crippen molar-refractivity contribution in [3.8, 4) is 5.75 Å². The number of aryl methyl sites for hydroxylation is 1. The number of carbonyl (C=O) groups excluding carboxylic acids is 1. The monoisotopic (exact) mass is 296 g/mol. The molecule has 0 aliphatic carbocycles. The molecule has 0 fully saturated rings. The fraction of sp³-hybridized carbons (Fsp3) is 0.143. The molecule has 2 aromatic rings. The largest absolute Gasteiger partial charge is 0.508 e. The number of pyridine rings is 1. The Hall–Kier alpha value is -2.57. The molecule has 110 valence electrons. The van der Waals surface area contributed by atoms with E-state index in [0.29, 0.717) is 11.3 Å². The summed E-state index contributed by atoms with van der Waals surface area (Å²) < 4.78 is 37.1. The molecule has 21 heavy (non-hydrogen) atoms. The summed E-state index contributed by atoms with van der Waals surface area (Å²) in [4.78, 5) is 15.1. The van der Waals surface area contributed by atoms with Crippen LogP contribution in [-0.2, 0) is 6.18 Å². The number of carbonyl (C=O) groups is 1. The maximum absolute atomic E-state index is 12.4. The molecule has 0 bridgehead atoms. The van der Waals surface area contributed by atoms with Crippen LogP contribution in [0.15, 0.2) is 36.5 Å². The summed E-state index contributed by atoms with van der Waals surface area (Å²) in [6.07, 6.45) is -3.67. The average Bonchev–Trinajstić information content (AvgIpc) is 2.42. The van der Waals surface area contributed by atoms with Crippen molar-refractivity contribution in [2.45, 2.75) is 13.1 Å². The van der Waals surface area contributed by atoms with Gasteiger partial charge in [0.2, 0.25) is 0 Å². The second-order valence-electron chi connectivity index (χ2n) is 4.39. The predicted molar refractivity (Wildman–Crippen MR) is 70.0 cm³/mol. The SMILES string of the molecule is Cc1cc(NC(=O)c2ccc(C(F)(F)F)nc2)ccc1O. The first-order chi connectivity index (χ1) is 9.77. The number of amides is 1. The van der Waals surface area contributed by atoms with Crippen LogP contribution in [0.3, 0.4) is 0 Å². The summed E-state index contributed by atoms with van der Waals surface area (Å²) in [6, 6.07) is 6.24. The van der Waals surface area contributed by atoms with Crippen LogP contribution in [0.5, 0.6) is 5.75 Å². The van der Waals surface area contributed by atoms with Gasteiger partial charge in [-0.3, -0.25) is 9.78 Å². The molecule has 2 rings (SSSR count). The van der Waals surface area contributed by atoms with Crippen molar-refractivity contribution >= 4 is 11.6 Å². The summed E-state index contributed by atoms with van der Waals surface area (Å²) >= 11 is 0. The minimum atomic E-state index is -4.54. The second-order valence-corrected chi connectivity index (χ2v) is 4.39. The minimum Gasteiger partial charge on any atom is -0.508 e. The van der Waals surface area contributed by atoms with Crippen molar-refractivity contribution in [3.63, 3.8) is 0 Å². The van der Waals surface area contributed by atoms with Crippen molar-refractivity contribution in [1.82, 2.24) is 4.98 Å². The van der Waals surface area contributed by atoms with Gasteiger partial charge in [0.15, 0.2) is 0 Å². The first kappa shape index (κ1) is 14.8. The maximum atomic E-state index is 12.4. The van der Waals surface area contributed by atoms with Gasteiger partial charge in [-0.15, -0.1) is 0 Å². The van der Waals surface area contributed by atoms with Gasteiger partial charge in [-0.2, -0.15) is 13.2 Å². The molecular formula is C14H11F3N2O2. The predicted octanol–water partition coefficient (Wildman–Crippen LogP) is 3.37. The number of benzene rings is 1. The number of nitrogens with zero attached hydrogens (tertiary/aromatic N) is 1. The quantitative estimate of drug-likeness (QED) is 0.835. The number of hydrogen-bond donors (Lipinski definition) is 2. The number of alkyl halides is 3. The molecule has 0 unspecified atom stereocenters. The molecule has 4 nitrogen and oxygen atoms in total. The molecule has 1 aromatic heterocycles. The lowest BCUT2D eigenvalue weighted by atomic mass is 10.2. The highest BCUT2D eigenvalue weighted by atomic mass is 19.4. The number of hydrogen-bond acceptors (Lipinski definition) is 3. The Morgan fingerprint density at radius 3 is 2.48 bits per heavy atom. The molecule has 0 radical (unpaired) electrons. The van der Waals surface area contributed by atoms with Crippen LogP contribution in [0.4, 0.5) is 18.9 Å². The zero-order chi connectivity index (χ0) is 15.6. The van der Waals surface area contributed by atoms with E-state index in [4.69, 9.17) is 0 Å².